The number of hydrogen-bond donors (Lipinski definition) is 0. The van der Waals surface area contributed by atoms with E-state index in [1.165, 1.54) is 14.2 Å². The van der Waals surface area contributed by atoms with Gasteiger partial charge in [0.25, 0.3) is 0 Å². The maximum absolute atomic E-state index is 12.8. The van der Waals surface area contributed by atoms with Gasteiger partial charge in [-0.2, -0.15) is 0 Å². The molecule has 0 spiro atoms. The number of esters is 2. The summed E-state index contributed by atoms with van der Waals surface area (Å²) >= 11 is 0. The summed E-state index contributed by atoms with van der Waals surface area (Å²) in [7, 11) is 2.65. The molecule has 1 aliphatic rings. The molecule has 168 valence electrons. The Hall–Kier alpha value is -4.58. The lowest BCUT2D eigenvalue weighted by molar-refractivity contribution is 0.0601. The van der Waals surface area contributed by atoms with Crippen molar-refractivity contribution in [2.75, 3.05) is 24.0 Å². The first-order chi connectivity index (χ1) is 16.7. The number of para-hydroxylation sites is 6. The lowest BCUT2D eigenvalue weighted by Crippen LogP contribution is -2.26. The zero-order valence-corrected chi connectivity index (χ0v) is 18.8. The summed E-state index contributed by atoms with van der Waals surface area (Å²) in [5.74, 6) is -1.08. The van der Waals surface area contributed by atoms with Crippen molar-refractivity contribution in [3.05, 3.63) is 108 Å². The number of hydrogen-bond acceptors (Lipinski definition) is 6. The molecule has 0 bridgehead atoms. The van der Waals surface area contributed by atoms with E-state index in [0.717, 1.165) is 28.4 Å². The van der Waals surface area contributed by atoms with Gasteiger partial charge in [-0.15, -0.1) is 0 Å². The highest BCUT2D eigenvalue weighted by Crippen LogP contribution is 2.55. The van der Waals surface area contributed by atoms with Gasteiger partial charge in [0.1, 0.15) is 0 Å². The average molecular weight is 450 g/mol. The summed E-state index contributed by atoms with van der Waals surface area (Å²) in [6.45, 7) is 0. The van der Waals surface area contributed by atoms with Crippen LogP contribution in [0.15, 0.2) is 97.1 Å². The Morgan fingerprint density at radius 2 is 0.941 bits per heavy atom. The highest BCUT2D eigenvalue weighted by atomic mass is 16.5. The van der Waals surface area contributed by atoms with E-state index in [4.69, 9.17) is 9.47 Å². The normalized spacial score (nSPS) is 11.9. The maximum Gasteiger partial charge on any atom is 0.340 e. The Morgan fingerprint density at radius 3 is 1.38 bits per heavy atom. The van der Waals surface area contributed by atoms with Gasteiger partial charge in [0.15, 0.2) is 0 Å². The van der Waals surface area contributed by atoms with Gasteiger partial charge in [-0.25, -0.2) is 9.59 Å². The molecule has 0 fully saturated rings. The van der Waals surface area contributed by atoms with Crippen LogP contribution < -0.4 is 9.80 Å². The predicted molar refractivity (Wildman–Crippen MR) is 132 cm³/mol. The molecule has 1 aliphatic heterocycles. The quantitative estimate of drug-likeness (QED) is 0.291. The third-order valence-corrected chi connectivity index (χ3v) is 5.81. The largest absolute Gasteiger partial charge is 0.465 e. The fourth-order valence-corrected chi connectivity index (χ4v) is 4.37. The number of benzene rings is 4. The first kappa shape index (κ1) is 21.3. The summed E-state index contributed by atoms with van der Waals surface area (Å²) in [6.07, 6.45) is 0. The van der Waals surface area contributed by atoms with E-state index in [1.54, 1.807) is 18.2 Å². The molecule has 0 aliphatic carbocycles. The van der Waals surface area contributed by atoms with Crippen molar-refractivity contribution in [1.82, 2.24) is 0 Å². The van der Waals surface area contributed by atoms with Crippen LogP contribution in [-0.2, 0) is 9.47 Å². The van der Waals surface area contributed by atoms with Crippen molar-refractivity contribution in [3.63, 3.8) is 0 Å². The van der Waals surface area contributed by atoms with Gasteiger partial charge in [-0.05, 0) is 48.5 Å². The number of carbonyl (C=O) groups is 2. The molecule has 0 saturated carbocycles. The Balaban J connectivity index is 1.85. The number of methoxy groups -OCH3 is 2. The van der Waals surface area contributed by atoms with Crippen molar-refractivity contribution in [3.8, 4) is 0 Å². The van der Waals surface area contributed by atoms with Crippen LogP contribution in [0, 0.1) is 0 Å². The summed E-state index contributed by atoms with van der Waals surface area (Å²) in [4.78, 5) is 29.8. The standard InChI is InChI=1S/C28H22N2O4/c1-33-27(31)20-13-10-14-21(28(32)34-2)26(20)30-24-17-8-6-15-22(24)29(19-11-4-3-5-12-19)23-16-7-9-18-25(23)30/h3-18H,1-2H3. The number of fused-ring (bicyclic) bond motifs is 2. The average Bonchev–Trinajstić information content (AvgIpc) is 2.90. The highest BCUT2D eigenvalue weighted by molar-refractivity contribution is 6.11. The topological polar surface area (TPSA) is 59.1 Å². The molecule has 0 N–H and O–H groups in total. The van der Waals surface area contributed by atoms with Crippen molar-refractivity contribution in [1.29, 1.82) is 0 Å². The van der Waals surface area contributed by atoms with E-state index in [-0.39, 0.29) is 11.1 Å². The van der Waals surface area contributed by atoms with Gasteiger partial charge < -0.3 is 19.3 Å². The zero-order valence-electron chi connectivity index (χ0n) is 18.8. The fourth-order valence-electron chi connectivity index (χ4n) is 4.37. The van der Waals surface area contributed by atoms with Crippen LogP contribution in [0.3, 0.4) is 0 Å². The molecule has 6 heteroatoms. The van der Waals surface area contributed by atoms with Gasteiger partial charge in [0.05, 0.1) is 53.8 Å². The molecule has 4 aromatic rings. The molecule has 6 nitrogen and oxygen atoms in total. The van der Waals surface area contributed by atoms with Crippen molar-refractivity contribution >= 4 is 46.1 Å². The van der Waals surface area contributed by atoms with E-state index in [9.17, 15) is 9.59 Å². The molecule has 0 radical (unpaired) electrons. The molecular weight excluding hydrogens is 428 g/mol. The first-order valence-electron chi connectivity index (χ1n) is 10.8. The predicted octanol–water partition coefficient (Wildman–Crippen LogP) is 6.51. The SMILES string of the molecule is COC(=O)c1cccc(C(=O)OC)c1N1c2ccccc2N(c2ccccc2)c2ccccc21. The molecule has 4 aromatic carbocycles. The highest BCUT2D eigenvalue weighted by Gasteiger charge is 2.34. The summed E-state index contributed by atoms with van der Waals surface area (Å²) in [6, 6.07) is 30.8. The summed E-state index contributed by atoms with van der Waals surface area (Å²) in [5.41, 5.74) is 5.38. The Labute approximate surface area is 197 Å². The van der Waals surface area contributed by atoms with Crippen molar-refractivity contribution < 1.29 is 19.1 Å². The van der Waals surface area contributed by atoms with Gasteiger partial charge in [0, 0.05) is 5.69 Å². The lowest BCUT2D eigenvalue weighted by atomic mass is 10.00. The molecule has 0 aromatic heterocycles. The number of ether oxygens (including phenoxy) is 2. The first-order valence-corrected chi connectivity index (χ1v) is 10.8. The molecule has 0 saturated heterocycles. The number of carbonyl (C=O) groups excluding carboxylic acids is 2. The molecular formula is C28H22N2O4. The number of nitrogens with zero attached hydrogens (tertiary/aromatic N) is 2. The molecule has 5 rings (SSSR count). The van der Waals surface area contributed by atoms with E-state index < -0.39 is 11.9 Å². The van der Waals surface area contributed by atoms with E-state index in [0.29, 0.717) is 5.69 Å². The number of rotatable bonds is 4. The van der Waals surface area contributed by atoms with E-state index in [1.807, 2.05) is 83.8 Å². The molecule has 0 unspecified atom stereocenters. The van der Waals surface area contributed by atoms with Crippen LogP contribution in [0.5, 0.6) is 0 Å². The Kier molecular flexibility index (Phi) is 5.47. The second kappa shape index (κ2) is 8.75. The maximum atomic E-state index is 12.8. The minimum absolute atomic E-state index is 0.267. The van der Waals surface area contributed by atoms with Gasteiger partial charge >= 0.3 is 11.9 Å². The van der Waals surface area contributed by atoms with Crippen LogP contribution in [-0.4, -0.2) is 26.2 Å². The van der Waals surface area contributed by atoms with Crippen LogP contribution >= 0.6 is 0 Å². The smallest absolute Gasteiger partial charge is 0.340 e. The van der Waals surface area contributed by atoms with Crippen molar-refractivity contribution in [2.45, 2.75) is 0 Å². The Bertz CT molecular complexity index is 1300. The molecule has 0 atom stereocenters. The zero-order chi connectivity index (χ0) is 23.7. The second-order valence-corrected chi connectivity index (χ2v) is 7.67. The third kappa shape index (κ3) is 3.36. The third-order valence-electron chi connectivity index (χ3n) is 5.81. The van der Waals surface area contributed by atoms with Crippen LogP contribution in [0.1, 0.15) is 20.7 Å². The minimum Gasteiger partial charge on any atom is -0.465 e. The van der Waals surface area contributed by atoms with E-state index in [2.05, 4.69) is 4.90 Å². The van der Waals surface area contributed by atoms with Crippen LogP contribution in [0.4, 0.5) is 34.1 Å². The lowest BCUT2D eigenvalue weighted by Gasteiger charge is -2.41. The monoisotopic (exact) mass is 450 g/mol. The van der Waals surface area contributed by atoms with Crippen molar-refractivity contribution in [2.24, 2.45) is 0 Å². The van der Waals surface area contributed by atoms with Crippen LogP contribution in [0.25, 0.3) is 0 Å². The van der Waals surface area contributed by atoms with Crippen LogP contribution in [0.2, 0.25) is 0 Å². The van der Waals surface area contributed by atoms with Gasteiger partial charge in [0.2, 0.25) is 0 Å². The van der Waals surface area contributed by atoms with E-state index >= 15 is 0 Å². The van der Waals surface area contributed by atoms with Gasteiger partial charge in [-0.3, -0.25) is 0 Å². The summed E-state index contributed by atoms with van der Waals surface area (Å²) in [5, 5.41) is 0. The molecule has 1 heterocycles. The second-order valence-electron chi connectivity index (χ2n) is 7.67. The Morgan fingerprint density at radius 1 is 0.529 bits per heavy atom. The molecule has 34 heavy (non-hydrogen) atoms. The minimum atomic E-state index is -0.541. The molecule has 0 amide bonds. The fraction of sp³-hybridized carbons (Fsp3) is 0.0714. The van der Waals surface area contributed by atoms with Gasteiger partial charge in [-0.1, -0.05) is 48.5 Å². The summed E-state index contributed by atoms with van der Waals surface area (Å²) < 4.78 is 10.1. The number of anilines is 6.